The second-order valence-electron chi connectivity index (χ2n) is 7.50. The van der Waals surface area contributed by atoms with E-state index in [0.717, 1.165) is 0 Å². The Hall–Kier alpha value is 0.167. The summed E-state index contributed by atoms with van der Waals surface area (Å²) in [4.78, 5) is 0. The van der Waals surface area contributed by atoms with Gasteiger partial charge in [-0.3, -0.25) is 0 Å². The molecule has 0 heterocycles. The van der Waals surface area contributed by atoms with Gasteiger partial charge in [-0.05, 0) is 0 Å². The molecule has 0 bridgehead atoms. The third-order valence-corrected chi connectivity index (χ3v) is 29.6. The van der Waals surface area contributed by atoms with Crippen LogP contribution in [-0.4, -0.2) is 5.98 Å². The normalized spacial score (nSPS) is 17.0. The van der Waals surface area contributed by atoms with Gasteiger partial charge in [-0.1, -0.05) is 0 Å². The first-order chi connectivity index (χ1) is 10.8. The van der Waals surface area contributed by atoms with Gasteiger partial charge in [-0.2, -0.15) is 0 Å². The number of hydrogen-bond donors (Lipinski definition) is 1. The number of hydrogen-bond acceptors (Lipinski definition) is 1. The van der Waals surface area contributed by atoms with Crippen molar-refractivity contribution in [1.82, 2.24) is 0 Å². The Balaban J connectivity index is 0.00000288. The largest absolute Gasteiger partial charge is 1.00 e. The van der Waals surface area contributed by atoms with E-state index in [-0.39, 0.29) is 24.8 Å². The Labute approximate surface area is 176 Å². The van der Waals surface area contributed by atoms with Gasteiger partial charge in [0.05, 0.1) is 0 Å². The van der Waals surface area contributed by atoms with Crippen LogP contribution in [0.4, 0.5) is 5.69 Å². The zero-order valence-corrected chi connectivity index (χ0v) is 23.1. The van der Waals surface area contributed by atoms with Crippen molar-refractivity contribution in [2.45, 2.75) is 60.6 Å². The van der Waals surface area contributed by atoms with Gasteiger partial charge in [-0.25, -0.2) is 0 Å². The van der Waals surface area contributed by atoms with Crippen molar-refractivity contribution in [3.05, 3.63) is 49.9 Å². The maximum absolute atomic E-state index is 4.16. The van der Waals surface area contributed by atoms with Crippen LogP contribution in [0, 0.1) is 5.92 Å². The molecular formula is C20H32Cl2HfNSi. The molecule has 2 rings (SSSR count). The number of allylic oxidation sites excluding steroid dienone is 4. The molecule has 1 aliphatic carbocycles. The van der Waals surface area contributed by atoms with Gasteiger partial charge < -0.3 is 24.8 Å². The molecular weight excluding hydrogens is 532 g/mol. The molecule has 0 saturated heterocycles. The smallest absolute Gasteiger partial charge is 1.00 e. The summed E-state index contributed by atoms with van der Waals surface area (Å²) in [6, 6.07) is 8.97. The third-order valence-electron chi connectivity index (χ3n) is 5.36. The number of para-hydroxylation sites is 1. The van der Waals surface area contributed by atoms with Crippen LogP contribution in [0.25, 0.3) is 0 Å². The molecule has 1 N–H and O–H groups in total. The number of halogens is 2. The van der Waals surface area contributed by atoms with E-state index in [4.69, 9.17) is 0 Å². The monoisotopic (exact) mass is 564 g/mol. The van der Waals surface area contributed by atoms with Gasteiger partial charge in [0.15, 0.2) is 0 Å². The maximum Gasteiger partial charge on any atom is -1.00 e. The average Bonchev–Trinajstić information content (AvgIpc) is 2.69. The number of anilines is 1. The van der Waals surface area contributed by atoms with Gasteiger partial charge in [0.1, 0.15) is 0 Å². The van der Waals surface area contributed by atoms with Crippen molar-refractivity contribution < 1.29 is 45.7 Å². The molecule has 0 fully saturated rings. The Morgan fingerprint density at radius 3 is 2.00 bits per heavy atom. The number of rotatable bonds is 5. The van der Waals surface area contributed by atoms with E-state index < -0.39 is 26.9 Å². The minimum atomic E-state index is -2.00. The van der Waals surface area contributed by atoms with Crippen molar-refractivity contribution in [2.75, 3.05) is 3.30 Å². The van der Waals surface area contributed by atoms with Gasteiger partial charge in [-0.15, -0.1) is 0 Å². The summed E-state index contributed by atoms with van der Waals surface area (Å²) in [5, 5.41) is 0. The van der Waals surface area contributed by atoms with Crippen LogP contribution in [0.5, 0.6) is 0 Å². The molecule has 0 radical (unpaired) electrons. The van der Waals surface area contributed by atoms with Crippen LogP contribution in [0.1, 0.15) is 53.0 Å². The summed E-state index contributed by atoms with van der Waals surface area (Å²) in [5.74, 6) is 0.579. The molecule has 25 heavy (non-hydrogen) atoms. The quantitative estimate of drug-likeness (QED) is 0.498. The fourth-order valence-electron chi connectivity index (χ4n) is 3.58. The van der Waals surface area contributed by atoms with Crippen LogP contribution < -0.4 is 28.1 Å². The first kappa shape index (κ1) is 25.2. The maximum atomic E-state index is 4.16. The minimum absolute atomic E-state index is 0. The summed E-state index contributed by atoms with van der Waals surface area (Å²) in [5.41, 5.74) is 7.68. The fraction of sp³-hybridized carbons (Fsp3) is 0.500. The topological polar surface area (TPSA) is 12.0 Å². The SMILES string of the molecule is CC1=C(C)C(C)[C]([Hf+2]([NH]c2ccccc2C(C)C)[SiH](C)C)=C1C.[Cl-].[Cl-]. The summed E-state index contributed by atoms with van der Waals surface area (Å²) < 4.78 is 6.01. The molecule has 0 amide bonds. The van der Waals surface area contributed by atoms with Crippen LogP contribution in [0.3, 0.4) is 0 Å². The molecule has 1 aromatic carbocycles. The van der Waals surface area contributed by atoms with Crippen molar-refractivity contribution >= 4 is 11.7 Å². The van der Waals surface area contributed by atoms with Crippen molar-refractivity contribution in [3.63, 3.8) is 0 Å². The summed E-state index contributed by atoms with van der Waals surface area (Å²) in [7, 11) is 0. The Morgan fingerprint density at radius 2 is 1.56 bits per heavy atom. The van der Waals surface area contributed by atoms with Crippen LogP contribution in [0.2, 0.25) is 13.1 Å². The van der Waals surface area contributed by atoms with E-state index in [1.165, 1.54) is 11.3 Å². The molecule has 0 aliphatic heterocycles. The first-order valence-corrected chi connectivity index (χ1v) is 21.6. The third kappa shape index (κ3) is 5.34. The van der Waals surface area contributed by atoms with E-state index in [9.17, 15) is 0 Å². The van der Waals surface area contributed by atoms with Crippen molar-refractivity contribution in [1.29, 1.82) is 0 Å². The second-order valence-corrected chi connectivity index (χ2v) is 32.8. The first-order valence-electron chi connectivity index (χ1n) is 8.87. The molecule has 0 aromatic heterocycles. The standard InChI is InChI=1S/C9H12N.C9H13.C2H7Si.2ClH.Hf/c1-7(2)8-5-3-4-6-9(8)10;1-6-5-7(2)9(4)8(6)3;1-3-2;;;/h3-7,10H,1-2H3;6H,1-4H3;3H,1-2H3;2*1H;/q-1;;;;;+3/p-2. The molecule has 1 aromatic rings. The molecule has 0 spiro atoms. The van der Waals surface area contributed by atoms with Crippen LogP contribution in [0.15, 0.2) is 44.3 Å². The summed E-state index contributed by atoms with van der Waals surface area (Å²) in [6.07, 6.45) is 0. The summed E-state index contributed by atoms with van der Waals surface area (Å²) in [6.45, 7) is 19.2. The van der Waals surface area contributed by atoms with Crippen molar-refractivity contribution in [3.8, 4) is 0 Å². The Morgan fingerprint density at radius 1 is 1.00 bits per heavy atom. The summed E-state index contributed by atoms with van der Waals surface area (Å²) >= 11 is -2.00. The molecule has 5 heteroatoms. The van der Waals surface area contributed by atoms with Crippen LogP contribution in [-0.2, 0) is 20.9 Å². The van der Waals surface area contributed by atoms with E-state index in [1.807, 2.05) is 3.33 Å². The Kier molecular flexibility index (Phi) is 10.6. The van der Waals surface area contributed by atoms with Gasteiger partial charge in [0.2, 0.25) is 0 Å². The molecule has 1 nitrogen and oxygen atoms in total. The number of nitrogens with one attached hydrogen (secondary N) is 1. The zero-order valence-electron chi connectivity index (χ0n) is 16.8. The predicted molar refractivity (Wildman–Crippen MR) is 103 cm³/mol. The minimum Gasteiger partial charge on any atom is -1.00 e. The van der Waals surface area contributed by atoms with Gasteiger partial charge in [0.25, 0.3) is 0 Å². The molecule has 139 valence electrons. The fourth-order valence-corrected chi connectivity index (χ4v) is 26.3. The molecule has 1 unspecified atom stereocenters. The predicted octanol–water partition coefficient (Wildman–Crippen LogP) is 0.00660. The molecule has 1 aliphatic rings. The molecule has 0 saturated carbocycles. The van der Waals surface area contributed by atoms with Gasteiger partial charge >= 0.3 is 152 Å². The zero-order chi connectivity index (χ0) is 17.3. The number of benzene rings is 1. The van der Waals surface area contributed by atoms with E-state index in [0.29, 0.717) is 11.8 Å². The second kappa shape index (κ2) is 10.5. The van der Waals surface area contributed by atoms with E-state index >= 15 is 0 Å². The van der Waals surface area contributed by atoms with E-state index in [2.05, 4.69) is 82.2 Å². The van der Waals surface area contributed by atoms with Crippen LogP contribution >= 0.6 is 0 Å². The van der Waals surface area contributed by atoms with E-state index in [1.54, 1.807) is 16.7 Å². The average molecular weight is 564 g/mol. The van der Waals surface area contributed by atoms with Gasteiger partial charge in [0, 0.05) is 0 Å². The molecule has 1 atom stereocenters. The Bertz CT molecular complexity index is 653. The van der Waals surface area contributed by atoms with Crippen molar-refractivity contribution in [2.24, 2.45) is 5.92 Å².